The maximum absolute atomic E-state index is 10.7. The molecule has 0 aliphatic carbocycles. The lowest BCUT2D eigenvalue weighted by Gasteiger charge is -2.12. The summed E-state index contributed by atoms with van der Waals surface area (Å²) in [7, 11) is 0. The summed E-state index contributed by atoms with van der Waals surface area (Å²) in [6, 6.07) is 9.73. The summed E-state index contributed by atoms with van der Waals surface area (Å²) in [5, 5.41) is 20.2. The Morgan fingerprint density at radius 1 is 1.24 bits per heavy atom. The lowest BCUT2D eigenvalue weighted by atomic mass is 10.1. The van der Waals surface area contributed by atoms with Crippen molar-refractivity contribution in [1.29, 1.82) is 0 Å². The first kappa shape index (κ1) is 15.5. The topological polar surface area (TPSA) is 72.6 Å². The fourth-order valence-corrected chi connectivity index (χ4v) is 2.32. The van der Waals surface area contributed by atoms with Gasteiger partial charge in [-0.3, -0.25) is 10.1 Å². The van der Waals surface area contributed by atoms with Gasteiger partial charge in [-0.15, -0.1) is 0 Å². The van der Waals surface area contributed by atoms with Crippen molar-refractivity contribution in [3.05, 3.63) is 62.1 Å². The molecule has 0 fully saturated rings. The number of aryl methyl sites for hydroxylation is 1. The Morgan fingerprint density at radius 3 is 2.43 bits per heavy atom. The summed E-state index contributed by atoms with van der Waals surface area (Å²) in [6.45, 7) is 3.43. The Balaban J connectivity index is 2.28. The number of nitro groups is 1. The van der Waals surface area contributed by atoms with E-state index >= 15 is 0 Å². The van der Waals surface area contributed by atoms with Crippen molar-refractivity contribution >= 4 is 21.6 Å². The first-order valence-electron chi connectivity index (χ1n) is 6.29. The molecule has 0 radical (unpaired) electrons. The second-order valence-electron chi connectivity index (χ2n) is 4.67. The highest BCUT2D eigenvalue weighted by Crippen LogP contribution is 2.34. The van der Waals surface area contributed by atoms with E-state index in [9.17, 15) is 15.2 Å². The second kappa shape index (κ2) is 6.24. The van der Waals surface area contributed by atoms with Crippen LogP contribution in [-0.2, 0) is 0 Å². The van der Waals surface area contributed by atoms with Crippen LogP contribution >= 0.6 is 15.9 Å². The zero-order chi connectivity index (χ0) is 15.6. The van der Waals surface area contributed by atoms with Crippen molar-refractivity contribution in [3.8, 4) is 11.5 Å². The van der Waals surface area contributed by atoms with Crippen molar-refractivity contribution in [1.82, 2.24) is 0 Å². The Hall–Kier alpha value is -1.92. The normalized spacial score (nSPS) is 12.0. The van der Waals surface area contributed by atoms with Crippen LogP contribution in [0.4, 0.5) is 5.69 Å². The summed E-state index contributed by atoms with van der Waals surface area (Å²) >= 11 is 3.39. The molecule has 0 amide bonds. The van der Waals surface area contributed by atoms with Gasteiger partial charge in [-0.05, 0) is 59.1 Å². The zero-order valence-electron chi connectivity index (χ0n) is 11.5. The Labute approximate surface area is 130 Å². The molecule has 0 aliphatic rings. The molecule has 0 aromatic heterocycles. The van der Waals surface area contributed by atoms with Crippen molar-refractivity contribution in [3.63, 3.8) is 0 Å². The SMILES string of the molecule is Cc1cc([N+](=O)[O-])ccc1Oc1ccc(C(C)O)cc1Br. The molecule has 21 heavy (non-hydrogen) atoms. The van der Waals surface area contributed by atoms with Crippen molar-refractivity contribution in [2.75, 3.05) is 0 Å². The Kier molecular flexibility index (Phi) is 4.59. The second-order valence-corrected chi connectivity index (χ2v) is 5.53. The van der Waals surface area contributed by atoms with Gasteiger partial charge in [0.1, 0.15) is 11.5 Å². The highest BCUT2D eigenvalue weighted by molar-refractivity contribution is 9.10. The molecule has 0 heterocycles. The molecule has 110 valence electrons. The van der Waals surface area contributed by atoms with Crippen molar-refractivity contribution in [2.24, 2.45) is 0 Å². The lowest BCUT2D eigenvalue weighted by molar-refractivity contribution is -0.384. The predicted octanol–water partition coefficient (Wildman–Crippen LogP) is 4.51. The molecule has 1 atom stereocenters. The summed E-state index contributed by atoms with van der Waals surface area (Å²) in [4.78, 5) is 10.3. The average Bonchev–Trinajstić information content (AvgIpc) is 2.42. The number of ether oxygens (including phenoxy) is 1. The molecule has 2 aromatic carbocycles. The number of nitro benzene ring substituents is 1. The quantitative estimate of drug-likeness (QED) is 0.649. The first-order chi connectivity index (χ1) is 9.88. The third-order valence-corrected chi connectivity index (χ3v) is 3.65. The van der Waals surface area contributed by atoms with Crippen LogP contribution < -0.4 is 4.74 Å². The number of benzene rings is 2. The van der Waals surface area contributed by atoms with Gasteiger partial charge in [0.05, 0.1) is 15.5 Å². The number of halogens is 1. The minimum absolute atomic E-state index is 0.0309. The van der Waals surface area contributed by atoms with E-state index < -0.39 is 11.0 Å². The lowest BCUT2D eigenvalue weighted by Crippen LogP contribution is -1.94. The Bertz CT molecular complexity index is 685. The molecule has 5 nitrogen and oxygen atoms in total. The molecule has 6 heteroatoms. The number of non-ortho nitro benzene ring substituents is 1. The molecule has 1 unspecified atom stereocenters. The van der Waals surface area contributed by atoms with E-state index in [4.69, 9.17) is 4.74 Å². The van der Waals surface area contributed by atoms with Gasteiger partial charge in [-0.1, -0.05) is 6.07 Å². The van der Waals surface area contributed by atoms with E-state index in [1.54, 1.807) is 38.1 Å². The van der Waals surface area contributed by atoms with E-state index in [1.165, 1.54) is 12.1 Å². The minimum atomic E-state index is -0.559. The summed E-state index contributed by atoms with van der Waals surface area (Å²) in [6.07, 6.45) is -0.559. The van der Waals surface area contributed by atoms with Crippen LogP contribution in [0.2, 0.25) is 0 Å². The van der Waals surface area contributed by atoms with Gasteiger partial charge in [0.15, 0.2) is 0 Å². The van der Waals surface area contributed by atoms with Crippen molar-refractivity contribution in [2.45, 2.75) is 20.0 Å². The summed E-state index contributed by atoms with van der Waals surface area (Å²) in [5.41, 5.74) is 1.48. The number of rotatable bonds is 4. The number of nitrogens with zero attached hydrogens (tertiary/aromatic N) is 1. The standard InChI is InChI=1S/C15H14BrNO4/c1-9-7-12(17(19)20)4-6-14(9)21-15-5-3-11(10(2)18)8-13(15)16/h3-8,10,18H,1-2H3. The van der Waals surface area contributed by atoms with Gasteiger partial charge in [0, 0.05) is 12.1 Å². The van der Waals surface area contributed by atoms with Crippen LogP contribution in [0, 0.1) is 17.0 Å². The van der Waals surface area contributed by atoms with Gasteiger partial charge < -0.3 is 9.84 Å². The van der Waals surface area contributed by atoms with Gasteiger partial charge in [0.2, 0.25) is 0 Å². The predicted molar refractivity (Wildman–Crippen MR) is 82.7 cm³/mol. The monoisotopic (exact) mass is 351 g/mol. The third-order valence-electron chi connectivity index (χ3n) is 3.03. The largest absolute Gasteiger partial charge is 0.456 e. The van der Waals surface area contributed by atoms with E-state index in [0.717, 1.165) is 5.56 Å². The highest BCUT2D eigenvalue weighted by Gasteiger charge is 2.12. The zero-order valence-corrected chi connectivity index (χ0v) is 13.1. The molecular formula is C15H14BrNO4. The van der Waals surface area contributed by atoms with Crippen LogP contribution in [0.5, 0.6) is 11.5 Å². The van der Waals surface area contributed by atoms with Crippen LogP contribution in [-0.4, -0.2) is 10.0 Å². The smallest absolute Gasteiger partial charge is 0.269 e. The summed E-state index contributed by atoms with van der Waals surface area (Å²) < 4.78 is 6.47. The van der Waals surface area contributed by atoms with Crippen LogP contribution in [0.1, 0.15) is 24.2 Å². The van der Waals surface area contributed by atoms with E-state index in [1.807, 2.05) is 0 Å². The Morgan fingerprint density at radius 2 is 1.90 bits per heavy atom. The van der Waals surface area contributed by atoms with Gasteiger partial charge >= 0.3 is 0 Å². The fourth-order valence-electron chi connectivity index (χ4n) is 1.84. The molecular weight excluding hydrogens is 338 g/mol. The molecule has 0 saturated heterocycles. The van der Waals surface area contributed by atoms with E-state index in [2.05, 4.69) is 15.9 Å². The maximum Gasteiger partial charge on any atom is 0.269 e. The van der Waals surface area contributed by atoms with Crippen LogP contribution in [0.3, 0.4) is 0 Å². The van der Waals surface area contributed by atoms with Crippen LogP contribution in [0.15, 0.2) is 40.9 Å². The number of hydrogen-bond donors (Lipinski definition) is 1. The third kappa shape index (κ3) is 3.59. The van der Waals surface area contributed by atoms with Crippen molar-refractivity contribution < 1.29 is 14.8 Å². The average molecular weight is 352 g/mol. The molecule has 0 spiro atoms. The first-order valence-corrected chi connectivity index (χ1v) is 7.08. The maximum atomic E-state index is 10.7. The summed E-state index contributed by atoms with van der Waals surface area (Å²) in [5.74, 6) is 1.13. The highest BCUT2D eigenvalue weighted by atomic mass is 79.9. The molecule has 1 N–H and O–H groups in total. The molecule has 0 bridgehead atoms. The molecule has 2 rings (SSSR count). The molecule has 2 aromatic rings. The van der Waals surface area contributed by atoms with Crippen LogP contribution in [0.25, 0.3) is 0 Å². The minimum Gasteiger partial charge on any atom is -0.456 e. The number of aliphatic hydroxyl groups excluding tert-OH is 1. The number of aliphatic hydroxyl groups is 1. The van der Waals surface area contributed by atoms with Gasteiger partial charge in [0.25, 0.3) is 5.69 Å². The van der Waals surface area contributed by atoms with Gasteiger partial charge in [-0.25, -0.2) is 0 Å². The fraction of sp³-hybridized carbons (Fsp3) is 0.200. The molecule has 0 saturated carbocycles. The van der Waals surface area contributed by atoms with E-state index in [0.29, 0.717) is 21.5 Å². The number of hydrogen-bond acceptors (Lipinski definition) is 4. The van der Waals surface area contributed by atoms with Gasteiger partial charge in [-0.2, -0.15) is 0 Å². The van der Waals surface area contributed by atoms with E-state index in [-0.39, 0.29) is 5.69 Å². The molecule has 0 aliphatic heterocycles.